The lowest BCUT2D eigenvalue weighted by Crippen LogP contribution is -2.39. The molecule has 1 aliphatic heterocycles. The number of carbonyl (C=O) groups excluding carboxylic acids is 3. The molecule has 3 aliphatic rings. The van der Waals surface area contributed by atoms with E-state index in [-0.39, 0.29) is 36.2 Å². The number of benzene rings is 1. The van der Waals surface area contributed by atoms with Crippen molar-refractivity contribution in [2.45, 2.75) is 38.8 Å². The van der Waals surface area contributed by atoms with Crippen LogP contribution in [0.2, 0.25) is 0 Å². The highest BCUT2D eigenvalue weighted by Gasteiger charge is 2.48. The van der Waals surface area contributed by atoms with Gasteiger partial charge in [0.15, 0.2) is 5.78 Å². The molecular weight excluding hydrogens is 464 g/mol. The molecule has 1 unspecified atom stereocenters. The van der Waals surface area contributed by atoms with Crippen molar-refractivity contribution < 1.29 is 14.4 Å². The Kier molecular flexibility index (Phi) is 7.23. The van der Waals surface area contributed by atoms with E-state index in [1.54, 1.807) is 30.3 Å². The number of allylic oxidation sites excluding steroid dienone is 4. The summed E-state index contributed by atoms with van der Waals surface area (Å²) < 4.78 is 0. The number of fused-ring (bicyclic) bond motifs is 1. The van der Waals surface area contributed by atoms with Crippen LogP contribution in [0.1, 0.15) is 42.1 Å². The van der Waals surface area contributed by atoms with Crippen LogP contribution >= 0.6 is 11.6 Å². The Labute approximate surface area is 209 Å². The Balaban J connectivity index is 1.46. The standard InChI is InChI=1S/C27H27ClN4O3/c1-17(15-27(9-10-27)22-8-12-30-23-14-19(28)6-7-21(22)23)24(33)20-5-3-2-4-18(20)16-32-26(35)25(34)31-13-11-29/h2-8,12,14,17,23,30H,9-10,13,15-16H2,1H3,(H,31,34)(H,32,35)/t17-,23?/m0/s1. The molecule has 0 radical (unpaired) electrons. The van der Waals surface area contributed by atoms with Gasteiger partial charge in [-0.2, -0.15) is 5.26 Å². The van der Waals surface area contributed by atoms with E-state index in [0.717, 1.165) is 19.3 Å². The van der Waals surface area contributed by atoms with Gasteiger partial charge in [0.25, 0.3) is 0 Å². The van der Waals surface area contributed by atoms with Crippen molar-refractivity contribution in [2.24, 2.45) is 11.3 Å². The van der Waals surface area contributed by atoms with E-state index in [9.17, 15) is 14.4 Å². The first-order valence-corrected chi connectivity index (χ1v) is 12.0. The maximum atomic E-state index is 13.5. The van der Waals surface area contributed by atoms with Gasteiger partial charge >= 0.3 is 11.8 Å². The van der Waals surface area contributed by atoms with Gasteiger partial charge in [-0.3, -0.25) is 14.4 Å². The molecule has 0 aromatic heterocycles. The van der Waals surface area contributed by atoms with Gasteiger partial charge in [0.05, 0.1) is 12.1 Å². The molecule has 8 heteroatoms. The van der Waals surface area contributed by atoms with Gasteiger partial charge in [-0.05, 0) is 65.8 Å². The molecule has 0 spiro atoms. The van der Waals surface area contributed by atoms with Gasteiger partial charge in [-0.15, -0.1) is 0 Å². The zero-order valence-electron chi connectivity index (χ0n) is 19.4. The Morgan fingerprint density at radius 1 is 1.17 bits per heavy atom. The molecule has 0 bridgehead atoms. The third-order valence-corrected chi connectivity index (χ3v) is 7.00. The number of Topliss-reactive ketones (excluding diaryl/α,β-unsaturated/α-hetero) is 1. The third-order valence-electron chi connectivity index (χ3n) is 6.75. The molecule has 2 amide bonds. The SMILES string of the molecule is C[C@@H](CC1(C2=C3C=CC(Cl)=CC3NC=C2)CC1)C(=O)c1ccccc1CNC(=O)C(=O)NCC#N. The summed E-state index contributed by atoms with van der Waals surface area (Å²) in [6.45, 7) is 1.75. The second-order valence-electron chi connectivity index (χ2n) is 9.16. The van der Waals surface area contributed by atoms with Crippen LogP contribution in [0.25, 0.3) is 0 Å². The predicted molar refractivity (Wildman–Crippen MR) is 133 cm³/mol. The minimum Gasteiger partial charge on any atom is -0.381 e. The van der Waals surface area contributed by atoms with E-state index >= 15 is 0 Å². The van der Waals surface area contributed by atoms with Gasteiger partial charge < -0.3 is 16.0 Å². The molecule has 1 aromatic carbocycles. The number of halogens is 1. The molecule has 4 rings (SSSR count). The van der Waals surface area contributed by atoms with Crippen LogP contribution in [0, 0.1) is 22.7 Å². The number of carbonyl (C=O) groups is 3. The van der Waals surface area contributed by atoms with E-state index in [2.05, 4.69) is 28.1 Å². The summed E-state index contributed by atoms with van der Waals surface area (Å²) in [5, 5.41) is 17.3. The topological polar surface area (TPSA) is 111 Å². The molecule has 1 saturated carbocycles. The minimum absolute atomic E-state index is 0.0113. The summed E-state index contributed by atoms with van der Waals surface area (Å²) in [7, 11) is 0. The van der Waals surface area contributed by atoms with Gasteiger partial charge in [0, 0.05) is 23.1 Å². The number of amides is 2. The Morgan fingerprint density at radius 2 is 1.91 bits per heavy atom. The summed E-state index contributed by atoms with van der Waals surface area (Å²) in [6.07, 6.45) is 12.8. The third kappa shape index (κ3) is 5.39. The first-order valence-electron chi connectivity index (χ1n) is 11.6. The molecule has 0 saturated heterocycles. The van der Waals surface area contributed by atoms with Crippen molar-refractivity contribution in [3.8, 4) is 6.07 Å². The summed E-state index contributed by atoms with van der Waals surface area (Å²) >= 11 is 6.19. The van der Waals surface area contributed by atoms with E-state index < -0.39 is 11.8 Å². The van der Waals surface area contributed by atoms with Gasteiger partial charge in [-0.25, -0.2) is 0 Å². The predicted octanol–water partition coefficient (Wildman–Crippen LogP) is 3.41. The fourth-order valence-corrected chi connectivity index (χ4v) is 5.03. The van der Waals surface area contributed by atoms with Crippen molar-refractivity contribution in [3.05, 3.63) is 82.1 Å². The van der Waals surface area contributed by atoms with Crippen LogP contribution in [-0.2, 0) is 16.1 Å². The number of nitrogens with one attached hydrogen (secondary N) is 3. The van der Waals surface area contributed by atoms with Crippen LogP contribution in [0.3, 0.4) is 0 Å². The highest BCUT2D eigenvalue weighted by molar-refractivity contribution is 6.35. The molecule has 2 aliphatic carbocycles. The normalized spacial score (nSPS) is 20.0. The molecule has 1 heterocycles. The smallest absolute Gasteiger partial charge is 0.310 e. The molecule has 2 atom stereocenters. The maximum absolute atomic E-state index is 13.5. The van der Waals surface area contributed by atoms with Crippen LogP contribution in [0.4, 0.5) is 0 Å². The average Bonchev–Trinajstić information content (AvgIpc) is 3.65. The van der Waals surface area contributed by atoms with E-state index in [1.165, 1.54) is 11.1 Å². The minimum atomic E-state index is -0.879. The zero-order chi connectivity index (χ0) is 25.0. The lowest BCUT2D eigenvalue weighted by atomic mass is 9.78. The van der Waals surface area contributed by atoms with Crippen molar-refractivity contribution >= 4 is 29.2 Å². The molecular formula is C27H27ClN4O3. The second kappa shape index (κ2) is 10.3. The Hall–Kier alpha value is -3.63. The summed E-state index contributed by atoms with van der Waals surface area (Å²) in [5.74, 6) is -1.94. The summed E-state index contributed by atoms with van der Waals surface area (Å²) in [6, 6.07) is 8.92. The molecule has 1 aromatic rings. The highest BCUT2D eigenvalue weighted by atomic mass is 35.5. The first kappa shape index (κ1) is 24.5. The average molecular weight is 491 g/mol. The quantitative estimate of drug-likeness (QED) is 0.294. The first-order chi connectivity index (χ1) is 16.8. The summed E-state index contributed by atoms with van der Waals surface area (Å²) in [5.41, 5.74) is 3.62. The van der Waals surface area contributed by atoms with Crippen molar-refractivity contribution in [2.75, 3.05) is 6.54 Å². The number of hydrogen-bond acceptors (Lipinski definition) is 5. The molecule has 1 fully saturated rings. The number of ketones is 1. The number of nitriles is 1. The fraction of sp³-hybridized carbons (Fsp3) is 0.333. The van der Waals surface area contributed by atoms with Crippen LogP contribution in [-0.4, -0.2) is 30.2 Å². The fourth-order valence-electron chi connectivity index (χ4n) is 4.84. The number of rotatable bonds is 8. The number of dihydropyridines is 1. The van der Waals surface area contributed by atoms with E-state index in [0.29, 0.717) is 16.2 Å². The van der Waals surface area contributed by atoms with Crippen LogP contribution in [0.5, 0.6) is 0 Å². The van der Waals surface area contributed by atoms with Crippen LogP contribution < -0.4 is 16.0 Å². The summed E-state index contributed by atoms with van der Waals surface area (Å²) in [4.78, 5) is 37.2. The lowest BCUT2D eigenvalue weighted by Gasteiger charge is -2.30. The molecule has 3 N–H and O–H groups in total. The Morgan fingerprint density at radius 3 is 2.66 bits per heavy atom. The van der Waals surface area contributed by atoms with E-state index in [4.69, 9.17) is 16.9 Å². The van der Waals surface area contributed by atoms with Crippen LogP contribution in [0.15, 0.2) is 70.9 Å². The zero-order valence-corrected chi connectivity index (χ0v) is 20.2. The van der Waals surface area contributed by atoms with Gasteiger partial charge in [0.1, 0.15) is 6.54 Å². The highest BCUT2D eigenvalue weighted by Crippen LogP contribution is 2.58. The lowest BCUT2D eigenvalue weighted by molar-refractivity contribution is -0.139. The molecule has 35 heavy (non-hydrogen) atoms. The van der Waals surface area contributed by atoms with Crippen molar-refractivity contribution in [1.29, 1.82) is 5.26 Å². The van der Waals surface area contributed by atoms with Crippen molar-refractivity contribution in [3.63, 3.8) is 0 Å². The molecule has 7 nitrogen and oxygen atoms in total. The van der Waals surface area contributed by atoms with Gasteiger partial charge in [0.2, 0.25) is 0 Å². The number of nitrogens with zero attached hydrogens (tertiary/aromatic N) is 1. The molecule has 180 valence electrons. The van der Waals surface area contributed by atoms with Gasteiger partial charge in [-0.1, -0.05) is 48.9 Å². The van der Waals surface area contributed by atoms with Crippen molar-refractivity contribution in [1.82, 2.24) is 16.0 Å². The monoisotopic (exact) mass is 490 g/mol. The van der Waals surface area contributed by atoms with E-state index in [1.807, 2.05) is 25.3 Å². The second-order valence-corrected chi connectivity index (χ2v) is 9.60. The number of hydrogen-bond donors (Lipinski definition) is 3. The maximum Gasteiger partial charge on any atom is 0.310 e. The largest absolute Gasteiger partial charge is 0.381 e. The Bertz CT molecular complexity index is 1220.